The Bertz CT molecular complexity index is 1360. The van der Waals surface area contributed by atoms with Crippen LogP contribution in [0.5, 0.6) is 11.5 Å². The average molecular weight is 465 g/mol. The van der Waals surface area contributed by atoms with E-state index in [9.17, 15) is 9.18 Å². The summed E-state index contributed by atoms with van der Waals surface area (Å²) in [6.45, 7) is 4.12. The van der Waals surface area contributed by atoms with E-state index in [1.807, 2.05) is 49.7 Å². The lowest BCUT2D eigenvalue weighted by Crippen LogP contribution is -2.06. The highest BCUT2D eigenvalue weighted by molar-refractivity contribution is 7.99. The van der Waals surface area contributed by atoms with E-state index in [1.165, 1.54) is 23.9 Å². The summed E-state index contributed by atoms with van der Waals surface area (Å²) in [5.41, 5.74) is 4.16. The third-order valence-corrected chi connectivity index (χ3v) is 6.64. The highest BCUT2D eigenvalue weighted by atomic mass is 32.2. The summed E-state index contributed by atoms with van der Waals surface area (Å²) in [7, 11) is 1.83. The minimum atomic E-state index is -0.306. The van der Waals surface area contributed by atoms with Crippen molar-refractivity contribution < 1.29 is 18.7 Å². The molecular formula is C24H21FN4O3S. The standard InChI is InChI=1S/C24H21FN4O3S/c1-14-10-19(15(2)29(14)18-8-9-21-22(11-18)32-13-31-21)20(30)12-33-24-27-26-23(28(24)3)16-4-6-17(25)7-5-16/h4-11H,12-13H2,1-3H3. The first-order valence-corrected chi connectivity index (χ1v) is 11.3. The number of hydrogen-bond acceptors (Lipinski definition) is 6. The van der Waals surface area contributed by atoms with E-state index in [1.54, 1.807) is 16.7 Å². The number of benzene rings is 2. The molecule has 0 fully saturated rings. The summed E-state index contributed by atoms with van der Waals surface area (Å²) in [6.07, 6.45) is 0. The lowest BCUT2D eigenvalue weighted by molar-refractivity contribution is 0.102. The molecule has 4 aromatic rings. The quantitative estimate of drug-likeness (QED) is 0.303. The SMILES string of the molecule is Cc1cc(C(=O)CSc2nnc(-c3ccc(F)cc3)n2C)c(C)n1-c1ccc2c(c1)OCO2. The first-order chi connectivity index (χ1) is 15.9. The van der Waals surface area contributed by atoms with Crippen LogP contribution in [-0.2, 0) is 7.05 Å². The summed E-state index contributed by atoms with van der Waals surface area (Å²) >= 11 is 1.32. The van der Waals surface area contributed by atoms with E-state index >= 15 is 0 Å². The van der Waals surface area contributed by atoms with Crippen LogP contribution in [0, 0.1) is 19.7 Å². The van der Waals surface area contributed by atoms with Gasteiger partial charge < -0.3 is 18.6 Å². The molecule has 5 rings (SSSR count). The molecule has 0 bridgehead atoms. The van der Waals surface area contributed by atoms with Gasteiger partial charge >= 0.3 is 0 Å². The third-order valence-electron chi connectivity index (χ3n) is 5.62. The number of halogens is 1. The summed E-state index contributed by atoms with van der Waals surface area (Å²) < 4.78 is 27.9. The number of thioether (sulfide) groups is 1. The maximum Gasteiger partial charge on any atom is 0.231 e. The Hall–Kier alpha value is -3.59. The molecule has 0 unspecified atom stereocenters. The molecule has 0 spiro atoms. The lowest BCUT2D eigenvalue weighted by atomic mass is 10.2. The molecule has 9 heteroatoms. The molecule has 3 heterocycles. The number of ether oxygens (including phenoxy) is 2. The van der Waals surface area contributed by atoms with Crippen LogP contribution in [-0.4, -0.2) is 37.7 Å². The molecule has 2 aromatic carbocycles. The summed E-state index contributed by atoms with van der Waals surface area (Å²) in [6, 6.07) is 13.7. The van der Waals surface area contributed by atoms with Crippen LogP contribution in [0.15, 0.2) is 53.7 Å². The molecular weight excluding hydrogens is 443 g/mol. The number of carbonyl (C=O) groups is 1. The van der Waals surface area contributed by atoms with Gasteiger partial charge in [0.2, 0.25) is 6.79 Å². The number of nitrogens with zero attached hydrogens (tertiary/aromatic N) is 4. The molecule has 1 aliphatic rings. The Labute approximate surface area is 194 Å². The molecule has 0 amide bonds. The minimum Gasteiger partial charge on any atom is -0.454 e. The van der Waals surface area contributed by atoms with E-state index in [-0.39, 0.29) is 24.1 Å². The van der Waals surface area contributed by atoms with Crippen LogP contribution < -0.4 is 9.47 Å². The highest BCUT2D eigenvalue weighted by Crippen LogP contribution is 2.35. The fraction of sp³-hybridized carbons (Fsp3) is 0.208. The second kappa shape index (κ2) is 8.40. The maximum absolute atomic E-state index is 13.2. The molecule has 0 atom stereocenters. The number of fused-ring (bicyclic) bond motifs is 1. The van der Waals surface area contributed by atoms with Crippen LogP contribution in [0.25, 0.3) is 17.1 Å². The predicted molar refractivity (Wildman–Crippen MR) is 123 cm³/mol. The molecule has 0 saturated heterocycles. The second-order valence-corrected chi connectivity index (χ2v) is 8.68. The van der Waals surface area contributed by atoms with Crippen molar-refractivity contribution in [1.29, 1.82) is 0 Å². The zero-order valence-corrected chi connectivity index (χ0v) is 19.1. The van der Waals surface area contributed by atoms with Crippen molar-refractivity contribution in [3.8, 4) is 28.6 Å². The Balaban J connectivity index is 1.34. The van der Waals surface area contributed by atoms with Gasteiger partial charge in [-0.05, 0) is 56.3 Å². The van der Waals surface area contributed by atoms with Gasteiger partial charge in [0.15, 0.2) is 28.3 Å². The van der Waals surface area contributed by atoms with Gasteiger partial charge in [-0.2, -0.15) is 0 Å². The average Bonchev–Trinajstić information content (AvgIpc) is 3.49. The van der Waals surface area contributed by atoms with Crippen LogP contribution in [0.1, 0.15) is 21.7 Å². The smallest absolute Gasteiger partial charge is 0.231 e. The molecule has 0 saturated carbocycles. The maximum atomic E-state index is 13.2. The van der Waals surface area contributed by atoms with Crippen LogP contribution in [0.3, 0.4) is 0 Å². The highest BCUT2D eigenvalue weighted by Gasteiger charge is 2.20. The van der Waals surface area contributed by atoms with Crippen LogP contribution in [0.4, 0.5) is 4.39 Å². The van der Waals surface area contributed by atoms with Gasteiger partial charge in [0, 0.05) is 41.3 Å². The van der Waals surface area contributed by atoms with Gasteiger partial charge in [-0.1, -0.05) is 11.8 Å². The van der Waals surface area contributed by atoms with Crippen molar-refractivity contribution in [3.05, 3.63) is 71.3 Å². The van der Waals surface area contributed by atoms with E-state index in [0.29, 0.717) is 22.3 Å². The second-order valence-electron chi connectivity index (χ2n) is 7.74. The number of Topliss-reactive ketones (excluding diaryl/α,β-unsaturated/α-hetero) is 1. The van der Waals surface area contributed by atoms with Gasteiger partial charge in [0.25, 0.3) is 0 Å². The fourth-order valence-electron chi connectivity index (χ4n) is 3.97. The molecule has 0 radical (unpaired) electrons. The van der Waals surface area contributed by atoms with E-state index in [0.717, 1.165) is 28.4 Å². The molecule has 7 nitrogen and oxygen atoms in total. The monoisotopic (exact) mass is 464 g/mol. The van der Waals surface area contributed by atoms with Crippen molar-refractivity contribution in [3.63, 3.8) is 0 Å². The number of hydrogen-bond donors (Lipinski definition) is 0. The summed E-state index contributed by atoms with van der Waals surface area (Å²) in [4.78, 5) is 13.1. The van der Waals surface area contributed by atoms with Crippen LogP contribution >= 0.6 is 11.8 Å². The number of aromatic nitrogens is 4. The van der Waals surface area contributed by atoms with E-state index in [4.69, 9.17) is 9.47 Å². The van der Waals surface area contributed by atoms with Gasteiger partial charge in [-0.25, -0.2) is 4.39 Å². The molecule has 0 N–H and O–H groups in total. The fourth-order valence-corrected chi connectivity index (χ4v) is 4.76. The third kappa shape index (κ3) is 3.89. The zero-order chi connectivity index (χ0) is 23.1. The molecule has 33 heavy (non-hydrogen) atoms. The van der Waals surface area contributed by atoms with Gasteiger partial charge in [0.05, 0.1) is 5.75 Å². The number of aryl methyl sites for hydroxylation is 1. The molecule has 0 aliphatic carbocycles. The van der Waals surface area contributed by atoms with Crippen molar-refractivity contribution in [2.24, 2.45) is 7.05 Å². The Morgan fingerprint density at radius 2 is 1.82 bits per heavy atom. The van der Waals surface area contributed by atoms with Gasteiger partial charge in [-0.3, -0.25) is 4.79 Å². The normalized spacial score (nSPS) is 12.4. The topological polar surface area (TPSA) is 71.2 Å². The molecule has 2 aromatic heterocycles. The largest absolute Gasteiger partial charge is 0.454 e. The number of ketones is 1. The van der Waals surface area contributed by atoms with Crippen molar-refractivity contribution in [1.82, 2.24) is 19.3 Å². The number of carbonyl (C=O) groups excluding carboxylic acids is 1. The summed E-state index contributed by atoms with van der Waals surface area (Å²) in [5, 5.41) is 9.03. The lowest BCUT2D eigenvalue weighted by Gasteiger charge is -2.10. The predicted octanol–water partition coefficient (Wildman–Crippen LogP) is 4.73. The van der Waals surface area contributed by atoms with Crippen molar-refractivity contribution >= 4 is 17.5 Å². The first kappa shape index (κ1) is 21.3. The van der Waals surface area contributed by atoms with E-state index in [2.05, 4.69) is 10.2 Å². The van der Waals surface area contributed by atoms with Crippen molar-refractivity contribution in [2.45, 2.75) is 19.0 Å². The Morgan fingerprint density at radius 3 is 2.61 bits per heavy atom. The Kier molecular flexibility index (Phi) is 5.41. The van der Waals surface area contributed by atoms with Gasteiger partial charge in [0.1, 0.15) is 5.82 Å². The van der Waals surface area contributed by atoms with Gasteiger partial charge in [-0.15, -0.1) is 10.2 Å². The zero-order valence-electron chi connectivity index (χ0n) is 18.3. The number of rotatable bonds is 6. The van der Waals surface area contributed by atoms with E-state index < -0.39 is 0 Å². The Morgan fingerprint density at radius 1 is 1.06 bits per heavy atom. The summed E-state index contributed by atoms with van der Waals surface area (Å²) in [5.74, 6) is 1.96. The molecule has 1 aliphatic heterocycles. The first-order valence-electron chi connectivity index (χ1n) is 10.3. The van der Waals surface area contributed by atoms with Crippen LogP contribution in [0.2, 0.25) is 0 Å². The van der Waals surface area contributed by atoms with Crippen molar-refractivity contribution in [2.75, 3.05) is 12.5 Å². The minimum absolute atomic E-state index is 0.00595. The molecule has 168 valence electrons.